The minimum atomic E-state index is -0.115. The lowest BCUT2D eigenvalue weighted by molar-refractivity contribution is 0.194. The standard InChI is InChI=1S/C20H21N5O/c26-19-11-18(15-5-3-8-21-12-15)23-20(24-19)16-6-4-10-25(13-16)14-17-7-1-2-9-22-17/h1-3,5,7-9,11-12,16H,4,6,10,13-14H2,(H,23,24,26)/t16-/m0/s1. The molecule has 1 atom stereocenters. The van der Waals surface area contributed by atoms with Gasteiger partial charge in [0.25, 0.3) is 5.56 Å². The van der Waals surface area contributed by atoms with Gasteiger partial charge in [-0.15, -0.1) is 0 Å². The van der Waals surface area contributed by atoms with Crippen molar-refractivity contribution < 1.29 is 0 Å². The number of H-pyrrole nitrogens is 1. The van der Waals surface area contributed by atoms with E-state index < -0.39 is 0 Å². The maximum atomic E-state index is 12.2. The van der Waals surface area contributed by atoms with Crippen LogP contribution >= 0.6 is 0 Å². The first-order valence-electron chi connectivity index (χ1n) is 8.92. The Balaban J connectivity index is 1.55. The second kappa shape index (κ2) is 7.58. The zero-order valence-electron chi connectivity index (χ0n) is 14.5. The monoisotopic (exact) mass is 347 g/mol. The Labute approximate surface area is 152 Å². The summed E-state index contributed by atoms with van der Waals surface area (Å²) >= 11 is 0. The van der Waals surface area contributed by atoms with Crippen LogP contribution in [0.4, 0.5) is 0 Å². The van der Waals surface area contributed by atoms with Crippen LogP contribution in [0.5, 0.6) is 0 Å². The van der Waals surface area contributed by atoms with Crippen molar-refractivity contribution in [2.24, 2.45) is 0 Å². The van der Waals surface area contributed by atoms with Crippen LogP contribution in [0, 0.1) is 0 Å². The van der Waals surface area contributed by atoms with Gasteiger partial charge in [-0.25, -0.2) is 4.98 Å². The lowest BCUT2D eigenvalue weighted by atomic mass is 9.96. The lowest BCUT2D eigenvalue weighted by Crippen LogP contribution is -2.35. The Morgan fingerprint density at radius 1 is 1.19 bits per heavy atom. The first-order valence-corrected chi connectivity index (χ1v) is 8.92. The summed E-state index contributed by atoms with van der Waals surface area (Å²) in [7, 11) is 0. The van der Waals surface area contributed by atoms with Gasteiger partial charge in [-0.1, -0.05) is 6.07 Å². The van der Waals surface area contributed by atoms with Gasteiger partial charge in [-0.2, -0.15) is 0 Å². The molecule has 26 heavy (non-hydrogen) atoms. The molecule has 1 N–H and O–H groups in total. The van der Waals surface area contributed by atoms with E-state index in [1.165, 1.54) is 6.07 Å². The van der Waals surface area contributed by atoms with Gasteiger partial charge in [0.2, 0.25) is 0 Å². The fraction of sp³-hybridized carbons (Fsp3) is 0.300. The van der Waals surface area contributed by atoms with Crippen molar-refractivity contribution in [1.82, 2.24) is 24.8 Å². The molecule has 0 saturated carbocycles. The minimum Gasteiger partial charge on any atom is -0.310 e. The van der Waals surface area contributed by atoms with E-state index in [9.17, 15) is 4.79 Å². The van der Waals surface area contributed by atoms with Crippen LogP contribution in [-0.4, -0.2) is 37.9 Å². The molecule has 132 valence electrons. The van der Waals surface area contributed by atoms with Crippen molar-refractivity contribution in [1.29, 1.82) is 0 Å². The zero-order chi connectivity index (χ0) is 17.8. The number of pyridine rings is 2. The van der Waals surface area contributed by atoms with E-state index >= 15 is 0 Å². The zero-order valence-corrected chi connectivity index (χ0v) is 14.5. The number of nitrogens with zero attached hydrogens (tertiary/aromatic N) is 4. The predicted molar refractivity (Wildman–Crippen MR) is 99.6 cm³/mol. The van der Waals surface area contributed by atoms with Crippen molar-refractivity contribution in [2.75, 3.05) is 13.1 Å². The normalized spacial score (nSPS) is 17.9. The Hall–Kier alpha value is -2.86. The first-order chi connectivity index (χ1) is 12.8. The summed E-state index contributed by atoms with van der Waals surface area (Å²) < 4.78 is 0. The molecule has 3 aromatic heterocycles. The highest BCUT2D eigenvalue weighted by molar-refractivity contribution is 5.56. The van der Waals surface area contributed by atoms with Crippen LogP contribution in [0.1, 0.15) is 30.3 Å². The highest BCUT2D eigenvalue weighted by atomic mass is 16.1. The van der Waals surface area contributed by atoms with Crippen LogP contribution < -0.4 is 5.56 Å². The van der Waals surface area contributed by atoms with Gasteiger partial charge in [0.1, 0.15) is 5.82 Å². The van der Waals surface area contributed by atoms with E-state index in [1.54, 1.807) is 12.4 Å². The van der Waals surface area contributed by atoms with Crippen molar-refractivity contribution in [3.63, 3.8) is 0 Å². The third-order valence-electron chi connectivity index (χ3n) is 4.72. The van der Waals surface area contributed by atoms with Gasteiger partial charge in [0.15, 0.2) is 0 Å². The van der Waals surface area contributed by atoms with Gasteiger partial charge in [-0.05, 0) is 43.7 Å². The lowest BCUT2D eigenvalue weighted by Gasteiger charge is -2.32. The molecule has 1 aliphatic rings. The maximum Gasteiger partial charge on any atom is 0.251 e. The molecule has 0 aliphatic carbocycles. The summed E-state index contributed by atoms with van der Waals surface area (Å²) in [5.74, 6) is 0.985. The molecule has 6 heteroatoms. The Kier molecular flexibility index (Phi) is 4.84. The van der Waals surface area contributed by atoms with Crippen molar-refractivity contribution in [3.8, 4) is 11.3 Å². The fourth-order valence-electron chi connectivity index (χ4n) is 3.48. The number of aromatic amines is 1. The van der Waals surface area contributed by atoms with E-state index in [2.05, 4.69) is 19.9 Å². The molecular formula is C20H21N5O. The molecule has 0 radical (unpaired) electrons. The van der Waals surface area contributed by atoms with Crippen LogP contribution in [-0.2, 0) is 6.54 Å². The number of hydrogen-bond donors (Lipinski definition) is 1. The molecule has 4 heterocycles. The molecule has 4 rings (SSSR count). The highest BCUT2D eigenvalue weighted by Crippen LogP contribution is 2.26. The van der Waals surface area contributed by atoms with Gasteiger partial charge in [0.05, 0.1) is 11.4 Å². The molecule has 3 aromatic rings. The number of piperidine rings is 1. The highest BCUT2D eigenvalue weighted by Gasteiger charge is 2.24. The molecule has 0 aromatic carbocycles. The summed E-state index contributed by atoms with van der Waals surface area (Å²) in [4.78, 5) is 30.8. The van der Waals surface area contributed by atoms with E-state index in [1.807, 2.05) is 36.5 Å². The van der Waals surface area contributed by atoms with Gasteiger partial charge < -0.3 is 4.98 Å². The second-order valence-corrected chi connectivity index (χ2v) is 6.65. The number of hydrogen-bond acceptors (Lipinski definition) is 5. The molecule has 0 bridgehead atoms. The Morgan fingerprint density at radius 2 is 2.15 bits per heavy atom. The van der Waals surface area contributed by atoms with Gasteiger partial charge in [-0.3, -0.25) is 19.7 Å². The molecule has 1 saturated heterocycles. The molecular weight excluding hydrogens is 326 g/mol. The van der Waals surface area contributed by atoms with E-state index in [0.29, 0.717) is 5.69 Å². The molecule has 1 aliphatic heterocycles. The first kappa shape index (κ1) is 16.6. The average Bonchev–Trinajstić information content (AvgIpc) is 2.69. The van der Waals surface area contributed by atoms with Crippen molar-refractivity contribution >= 4 is 0 Å². The number of nitrogens with one attached hydrogen (secondary N) is 1. The molecule has 0 spiro atoms. The van der Waals surface area contributed by atoms with Crippen LogP contribution in [0.15, 0.2) is 59.8 Å². The summed E-state index contributed by atoms with van der Waals surface area (Å²) in [6.45, 7) is 2.74. The van der Waals surface area contributed by atoms with Crippen LogP contribution in [0.2, 0.25) is 0 Å². The van der Waals surface area contributed by atoms with Crippen LogP contribution in [0.3, 0.4) is 0 Å². The number of rotatable bonds is 4. The third-order valence-corrected chi connectivity index (χ3v) is 4.72. The molecule has 0 amide bonds. The van der Waals surface area contributed by atoms with E-state index in [0.717, 1.165) is 49.6 Å². The van der Waals surface area contributed by atoms with E-state index in [4.69, 9.17) is 4.98 Å². The number of likely N-dealkylation sites (tertiary alicyclic amines) is 1. The maximum absolute atomic E-state index is 12.2. The smallest absolute Gasteiger partial charge is 0.251 e. The van der Waals surface area contributed by atoms with Crippen molar-refractivity contribution in [2.45, 2.75) is 25.3 Å². The Morgan fingerprint density at radius 3 is 2.96 bits per heavy atom. The Bertz CT molecular complexity index is 910. The predicted octanol–water partition coefficient (Wildman–Crippen LogP) is 2.61. The SMILES string of the molecule is O=c1cc(-c2cccnc2)nc([C@H]2CCCN(Cc3ccccn3)C2)[nH]1. The summed E-state index contributed by atoms with van der Waals surface area (Å²) in [5, 5.41) is 0. The van der Waals surface area contributed by atoms with Gasteiger partial charge in [0, 0.05) is 49.2 Å². The van der Waals surface area contributed by atoms with Gasteiger partial charge >= 0.3 is 0 Å². The molecule has 1 fully saturated rings. The largest absolute Gasteiger partial charge is 0.310 e. The summed E-state index contributed by atoms with van der Waals surface area (Å²) in [6, 6.07) is 11.3. The summed E-state index contributed by atoms with van der Waals surface area (Å²) in [6.07, 6.45) is 7.39. The topological polar surface area (TPSA) is 74.8 Å². The van der Waals surface area contributed by atoms with Crippen LogP contribution in [0.25, 0.3) is 11.3 Å². The number of aromatic nitrogens is 4. The quantitative estimate of drug-likeness (QED) is 0.785. The third kappa shape index (κ3) is 3.86. The fourth-order valence-corrected chi connectivity index (χ4v) is 3.48. The minimum absolute atomic E-state index is 0.115. The summed E-state index contributed by atoms with van der Waals surface area (Å²) in [5.41, 5.74) is 2.49. The van der Waals surface area contributed by atoms with E-state index in [-0.39, 0.29) is 11.5 Å². The van der Waals surface area contributed by atoms with Crippen molar-refractivity contribution in [3.05, 3.63) is 76.9 Å². The molecule has 0 unspecified atom stereocenters. The average molecular weight is 347 g/mol. The second-order valence-electron chi connectivity index (χ2n) is 6.65. The molecule has 6 nitrogen and oxygen atoms in total.